The number of aliphatic hydroxyl groups is 1. The largest absolute Gasteiger partial charge is 0.388 e. The first-order chi connectivity index (χ1) is 11.3. The molecule has 0 aromatic heterocycles. The molecule has 136 valence electrons. The van der Waals surface area contributed by atoms with Crippen LogP contribution < -0.4 is 0 Å². The molecule has 0 bridgehead atoms. The second-order valence-corrected chi connectivity index (χ2v) is 7.47. The van der Waals surface area contributed by atoms with Crippen LogP contribution >= 0.6 is 11.8 Å². The highest BCUT2D eigenvalue weighted by atomic mass is 32.2. The molecule has 0 aliphatic heterocycles. The van der Waals surface area contributed by atoms with Gasteiger partial charge in [-0.1, -0.05) is 88.6 Å². The summed E-state index contributed by atoms with van der Waals surface area (Å²) >= 11 is 1.26. The van der Waals surface area contributed by atoms with Crippen LogP contribution in [0.1, 0.15) is 96.8 Å². The van der Waals surface area contributed by atoms with Crippen LogP contribution in [0.5, 0.6) is 0 Å². The zero-order valence-electron chi connectivity index (χ0n) is 15.2. The summed E-state index contributed by atoms with van der Waals surface area (Å²) in [6, 6.07) is 0. The predicted molar refractivity (Wildman–Crippen MR) is 104 cm³/mol. The van der Waals surface area contributed by atoms with Crippen LogP contribution in [-0.4, -0.2) is 22.6 Å². The van der Waals surface area contributed by atoms with Crippen molar-refractivity contribution in [2.45, 2.75) is 96.8 Å². The SMILES string of the molecule is CCCCCCCC/C=C\CCCCCCCCSC(=O)CO. The van der Waals surface area contributed by atoms with E-state index in [1.165, 1.54) is 95.2 Å². The van der Waals surface area contributed by atoms with Crippen LogP contribution in [0, 0.1) is 0 Å². The zero-order valence-corrected chi connectivity index (χ0v) is 16.0. The fourth-order valence-electron chi connectivity index (χ4n) is 2.58. The summed E-state index contributed by atoms with van der Waals surface area (Å²) in [5.41, 5.74) is 0. The Morgan fingerprint density at radius 1 is 0.783 bits per heavy atom. The molecular weight excluding hydrogens is 304 g/mol. The smallest absolute Gasteiger partial charge is 0.214 e. The quantitative estimate of drug-likeness (QED) is 0.250. The third-order valence-corrected chi connectivity index (χ3v) is 4.99. The van der Waals surface area contributed by atoms with Gasteiger partial charge >= 0.3 is 0 Å². The number of hydrogen-bond acceptors (Lipinski definition) is 3. The lowest BCUT2D eigenvalue weighted by atomic mass is 10.1. The van der Waals surface area contributed by atoms with Crippen LogP contribution in [0.4, 0.5) is 0 Å². The first-order valence-electron chi connectivity index (χ1n) is 9.72. The number of aliphatic hydroxyl groups excluding tert-OH is 1. The maximum atomic E-state index is 10.9. The number of allylic oxidation sites excluding steroid dienone is 2. The molecule has 1 N–H and O–H groups in total. The van der Waals surface area contributed by atoms with Gasteiger partial charge in [-0.3, -0.25) is 4.79 Å². The Hall–Kier alpha value is -0.280. The van der Waals surface area contributed by atoms with Crippen molar-refractivity contribution >= 4 is 16.9 Å². The molecule has 0 fully saturated rings. The molecule has 0 heterocycles. The molecule has 2 nitrogen and oxygen atoms in total. The van der Waals surface area contributed by atoms with Gasteiger partial charge in [-0.2, -0.15) is 0 Å². The minimum Gasteiger partial charge on any atom is -0.388 e. The molecule has 0 unspecified atom stereocenters. The van der Waals surface area contributed by atoms with Crippen LogP contribution in [0.2, 0.25) is 0 Å². The highest BCUT2D eigenvalue weighted by Crippen LogP contribution is 2.12. The van der Waals surface area contributed by atoms with Crippen molar-refractivity contribution in [1.82, 2.24) is 0 Å². The Labute approximate surface area is 148 Å². The second kappa shape index (κ2) is 19.8. The summed E-state index contributed by atoms with van der Waals surface area (Å²) in [5.74, 6) is 0.862. The van der Waals surface area contributed by atoms with E-state index in [4.69, 9.17) is 5.11 Å². The van der Waals surface area contributed by atoms with Gasteiger partial charge in [0.25, 0.3) is 0 Å². The van der Waals surface area contributed by atoms with E-state index in [1.54, 1.807) is 0 Å². The number of hydrogen-bond donors (Lipinski definition) is 1. The first-order valence-corrected chi connectivity index (χ1v) is 10.7. The van der Waals surface area contributed by atoms with Crippen molar-refractivity contribution in [2.24, 2.45) is 0 Å². The monoisotopic (exact) mass is 342 g/mol. The molecule has 23 heavy (non-hydrogen) atoms. The summed E-state index contributed by atoms with van der Waals surface area (Å²) in [6.07, 6.45) is 23.1. The van der Waals surface area contributed by atoms with Gasteiger partial charge in [0, 0.05) is 5.75 Å². The molecule has 0 rings (SSSR count). The van der Waals surface area contributed by atoms with E-state index in [1.807, 2.05) is 0 Å². The van der Waals surface area contributed by atoms with Gasteiger partial charge in [-0.05, 0) is 32.1 Å². The summed E-state index contributed by atoms with van der Waals surface area (Å²) in [4.78, 5) is 10.9. The van der Waals surface area contributed by atoms with E-state index in [-0.39, 0.29) is 11.7 Å². The van der Waals surface area contributed by atoms with Crippen molar-refractivity contribution in [1.29, 1.82) is 0 Å². The topological polar surface area (TPSA) is 37.3 Å². The summed E-state index contributed by atoms with van der Waals surface area (Å²) in [7, 11) is 0. The zero-order chi connectivity index (χ0) is 17.0. The molecule has 3 heteroatoms. The standard InChI is InChI=1S/C20H38O2S/c1-2-3-4-5-6-7-8-9-10-11-12-13-14-15-16-17-18-23-20(22)19-21/h9-10,21H,2-8,11-19H2,1H3/b10-9-. The predicted octanol–water partition coefficient (Wildman–Crippen LogP) is 6.28. The average molecular weight is 343 g/mol. The Morgan fingerprint density at radius 2 is 1.26 bits per heavy atom. The molecule has 0 radical (unpaired) electrons. The molecule has 0 amide bonds. The molecule has 0 saturated carbocycles. The number of rotatable bonds is 17. The average Bonchev–Trinajstić information content (AvgIpc) is 2.57. The van der Waals surface area contributed by atoms with E-state index < -0.39 is 0 Å². The van der Waals surface area contributed by atoms with Crippen molar-refractivity contribution in [3.05, 3.63) is 12.2 Å². The molecule has 0 saturated heterocycles. The van der Waals surface area contributed by atoms with Crippen molar-refractivity contribution in [2.75, 3.05) is 12.4 Å². The van der Waals surface area contributed by atoms with E-state index in [0.29, 0.717) is 0 Å². The molecule has 0 aliphatic rings. The van der Waals surface area contributed by atoms with Gasteiger partial charge in [-0.25, -0.2) is 0 Å². The van der Waals surface area contributed by atoms with Gasteiger partial charge in [0.1, 0.15) is 6.61 Å². The molecule has 0 atom stereocenters. The van der Waals surface area contributed by atoms with E-state index in [9.17, 15) is 4.79 Å². The van der Waals surface area contributed by atoms with Crippen molar-refractivity contribution in [3.63, 3.8) is 0 Å². The van der Waals surface area contributed by atoms with Crippen LogP contribution in [0.3, 0.4) is 0 Å². The number of carbonyl (C=O) groups excluding carboxylic acids is 1. The van der Waals surface area contributed by atoms with Crippen LogP contribution in [0.15, 0.2) is 12.2 Å². The summed E-state index contributed by atoms with van der Waals surface area (Å²) in [6.45, 7) is 1.94. The Kier molecular flexibility index (Phi) is 19.5. The van der Waals surface area contributed by atoms with E-state index >= 15 is 0 Å². The highest BCUT2D eigenvalue weighted by Gasteiger charge is 1.98. The van der Waals surface area contributed by atoms with Gasteiger partial charge in [-0.15, -0.1) is 0 Å². The lowest BCUT2D eigenvalue weighted by Crippen LogP contribution is -1.98. The lowest BCUT2D eigenvalue weighted by Gasteiger charge is -2.01. The molecule has 0 aromatic rings. The van der Waals surface area contributed by atoms with Crippen LogP contribution in [0.25, 0.3) is 0 Å². The third kappa shape index (κ3) is 19.7. The Balaban J connectivity index is 3.09. The molecular formula is C20H38O2S. The Bertz CT molecular complexity index is 277. The van der Waals surface area contributed by atoms with Gasteiger partial charge < -0.3 is 5.11 Å². The fourth-order valence-corrected chi connectivity index (χ4v) is 3.25. The molecule has 0 aromatic carbocycles. The lowest BCUT2D eigenvalue weighted by molar-refractivity contribution is -0.113. The van der Waals surface area contributed by atoms with Crippen molar-refractivity contribution in [3.8, 4) is 0 Å². The minimum atomic E-state index is -0.322. The van der Waals surface area contributed by atoms with E-state index in [0.717, 1.165) is 12.2 Å². The number of thioether (sulfide) groups is 1. The maximum Gasteiger partial charge on any atom is 0.214 e. The second-order valence-electron chi connectivity index (χ2n) is 6.32. The molecule has 0 aliphatic carbocycles. The highest BCUT2D eigenvalue weighted by molar-refractivity contribution is 8.13. The number of carbonyl (C=O) groups is 1. The minimum absolute atomic E-state index is 0.0993. The summed E-state index contributed by atoms with van der Waals surface area (Å²) < 4.78 is 0. The van der Waals surface area contributed by atoms with Crippen molar-refractivity contribution < 1.29 is 9.90 Å². The van der Waals surface area contributed by atoms with Gasteiger partial charge in [0.05, 0.1) is 0 Å². The van der Waals surface area contributed by atoms with Crippen LogP contribution in [-0.2, 0) is 4.79 Å². The third-order valence-electron chi connectivity index (χ3n) is 4.05. The first kappa shape index (κ1) is 22.7. The number of unbranched alkanes of at least 4 members (excludes halogenated alkanes) is 12. The van der Waals surface area contributed by atoms with Gasteiger partial charge in [0.15, 0.2) is 0 Å². The fraction of sp³-hybridized carbons (Fsp3) is 0.850. The Morgan fingerprint density at radius 3 is 1.78 bits per heavy atom. The van der Waals surface area contributed by atoms with E-state index in [2.05, 4.69) is 19.1 Å². The maximum absolute atomic E-state index is 10.9. The molecule has 0 spiro atoms. The normalized spacial score (nSPS) is 11.4. The summed E-state index contributed by atoms with van der Waals surface area (Å²) in [5, 5.41) is 8.49. The van der Waals surface area contributed by atoms with Gasteiger partial charge in [0.2, 0.25) is 5.12 Å².